The lowest BCUT2D eigenvalue weighted by Crippen LogP contribution is -2.44. The minimum absolute atomic E-state index is 0.545. The molecule has 82 valence electrons. The van der Waals surface area contributed by atoms with Gasteiger partial charge in [0.1, 0.15) is 5.82 Å². The largest absolute Gasteiger partial charge is 0.354 e. The Labute approximate surface area is 91.5 Å². The summed E-state index contributed by atoms with van der Waals surface area (Å²) >= 11 is 0. The Morgan fingerprint density at radius 1 is 1.33 bits per heavy atom. The molecule has 0 bridgehead atoms. The van der Waals surface area contributed by atoms with Crippen LogP contribution in [0, 0.1) is 0 Å². The number of pyridine rings is 1. The molecule has 0 saturated carbocycles. The highest BCUT2D eigenvalue weighted by atomic mass is 15.2. The highest BCUT2D eigenvalue weighted by molar-refractivity contribution is 5.48. The van der Waals surface area contributed by atoms with Gasteiger partial charge < -0.3 is 10.2 Å². The van der Waals surface area contributed by atoms with Gasteiger partial charge in [0.25, 0.3) is 0 Å². The van der Waals surface area contributed by atoms with Gasteiger partial charge in [0.15, 0.2) is 0 Å². The number of piperazine rings is 1. The van der Waals surface area contributed by atoms with Crippen molar-refractivity contribution < 1.29 is 0 Å². The molecule has 1 aromatic rings. The van der Waals surface area contributed by atoms with Crippen LogP contribution >= 0.6 is 0 Å². The minimum atomic E-state index is 0.545. The molecule has 0 unspecified atom stereocenters. The topological polar surface area (TPSA) is 28.2 Å². The third-order valence-electron chi connectivity index (χ3n) is 2.86. The first-order valence-electron chi connectivity index (χ1n) is 5.69. The zero-order valence-electron chi connectivity index (χ0n) is 9.53. The van der Waals surface area contributed by atoms with Gasteiger partial charge in [0.2, 0.25) is 0 Å². The van der Waals surface area contributed by atoms with Crippen LogP contribution in [0.3, 0.4) is 0 Å². The van der Waals surface area contributed by atoms with Crippen LogP contribution in [-0.4, -0.2) is 31.2 Å². The third kappa shape index (κ3) is 2.29. The Kier molecular flexibility index (Phi) is 3.21. The molecule has 0 spiro atoms. The number of anilines is 1. The molecular weight excluding hydrogens is 186 g/mol. The molecular formula is C12H19N3. The number of hydrogen-bond donors (Lipinski definition) is 1. The maximum atomic E-state index is 4.52. The average Bonchev–Trinajstić information content (AvgIpc) is 2.30. The quantitative estimate of drug-likeness (QED) is 0.795. The maximum Gasteiger partial charge on any atom is 0.132 e. The summed E-state index contributed by atoms with van der Waals surface area (Å²) in [6.07, 6.45) is 1.89. The minimum Gasteiger partial charge on any atom is -0.354 e. The highest BCUT2D eigenvalue weighted by Crippen LogP contribution is 2.24. The van der Waals surface area contributed by atoms with Crippen molar-refractivity contribution in [3.8, 4) is 0 Å². The first-order chi connectivity index (χ1) is 7.29. The predicted molar refractivity (Wildman–Crippen MR) is 63.4 cm³/mol. The summed E-state index contributed by atoms with van der Waals surface area (Å²) in [6, 6.07) is 4.22. The van der Waals surface area contributed by atoms with Crippen LogP contribution in [0.25, 0.3) is 0 Å². The second kappa shape index (κ2) is 4.62. The number of nitrogens with one attached hydrogen (secondary N) is 1. The summed E-state index contributed by atoms with van der Waals surface area (Å²) < 4.78 is 0. The zero-order valence-corrected chi connectivity index (χ0v) is 9.53. The van der Waals surface area contributed by atoms with Crippen molar-refractivity contribution in [3.63, 3.8) is 0 Å². The summed E-state index contributed by atoms with van der Waals surface area (Å²) in [6.45, 7) is 8.71. The van der Waals surface area contributed by atoms with Crippen molar-refractivity contribution >= 4 is 5.82 Å². The van der Waals surface area contributed by atoms with Crippen molar-refractivity contribution in [2.75, 3.05) is 31.1 Å². The first kappa shape index (κ1) is 10.4. The van der Waals surface area contributed by atoms with E-state index in [0.717, 1.165) is 26.2 Å². The molecule has 1 N–H and O–H groups in total. The van der Waals surface area contributed by atoms with Crippen LogP contribution < -0.4 is 10.2 Å². The summed E-state index contributed by atoms with van der Waals surface area (Å²) in [5.41, 5.74) is 1.36. The van der Waals surface area contributed by atoms with E-state index in [1.165, 1.54) is 11.4 Å². The fraction of sp³-hybridized carbons (Fsp3) is 0.583. The zero-order chi connectivity index (χ0) is 10.7. The standard InChI is InChI=1S/C12H19N3/c1-10(2)11-4-3-5-14-12(11)15-8-6-13-7-9-15/h3-5,10,13H,6-9H2,1-2H3. The van der Waals surface area contributed by atoms with E-state index in [1.807, 2.05) is 12.3 Å². The van der Waals surface area contributed by atoms with E-state index in [-0.39, 0.29) is 0 Å². The van der Waals surface area contributed by atoms with Crippen molar-refractivity contribution in [2.45, 2.75) is 19.8 Å². The van der Waals surface area contributed by atoms with E-state index >= 15 is 0 Å². The number of nitrogens with zero attached hydrogens (tertiary/aromatic N) is 2. The van der Waals surface area contributed by atoms with E-state index in [0.29, 0.717) is 5.92 Å². The fourth-order valence-electron chi connectivity index (χ4n) is 2.00. The molecule has 1 fully saturated rings. The van der Waals surface area contributed by atoms with Gasteiger partial charge in [0, 0.05) is 32.4 Å². The first-order valence-corrected chi connectivity index (χ1v) is 5.69. The lowest BCUT2D eigenvalue weighted by Gasteiger charge is -2.30. The number of hydrogen-bond acceptors (Lipinski definition) is 3. The molecule has 1 aliphatic heterocycles. The van der Waals surface area contributed by atoms with Gasteiger partial charge in [-0.25, -0.2) is 4.98 Å². The van der Waals surface area contributed by atoms with Gasteiger partial charge in [0.05, 0.1) is 0 Å². The van der Waals surface area contributed by atoms with Gasteiger partial charge in [-0.15, -0.1) is 0 Å². The van der Waals surface area contributed by atoms with E-state index in [1.54, 1.807) is 0 Å². The van der Waals surface area contributed by atoms with Crippen LogP contribution in [0.2, 0.25) is 0 Å². The van der Waals surface area contributed by atoms with Crippen LogP contribution in [-0.2, 0) is 0 Å². The maximum absolute atomic E-state index is 4.52. The third-order valence-corrected chi connectivity index (χ3v) is 2.86. The van der Waals surface area contributed by atoms with Crippen LogP contribution in [0.1, 0.15) is 25.3 Å². The monoisotopic (exact) mass is 205 g/mol. The smallest absolute Gasteiger partial charge is 0.132 e. The normalized spacial score (nSPS) is 17.1. The molecule has 2 rings (SSSR count). The van der Waals surface area contributed by atoms with Gasteiger partial charge in [-0.2, -0.15) is 0 Å². The van der Waals surface area contributed by atoms with Gasteiger partial charge in [-0.05, 0) is 17.5 Å². The summed E-state index contributed by atoms with van der Waals surface area (Å²) in [5, 5.41) is 3.36. The Balaban J connectivity index is 2.25. The van der Waals surface area contributed by atoms with Gasteiger partial charge >= 0.3 is 0 Å². The SMILES string of the molecule is CC(C)c1cccnc1N1CCNCC1. The van der Waals surface area contributed by atoms with Crippen LogP contribution in [0.5, 0.6) is 0 Å². The summed E-state index contributed by atoms with van der Waals surface area (Å²) in [7, 11) is 0. The average molecular weight is 205 g/mol. The molecule has 2 heterocycles. The lowest BCUT2D eigenvalue weighted by molar-refractivity contribution is 0.582. The molecule has 0 atom stereocenters. The molecule has 1 aromatic heterocycles. The number of rotatable bonds is 2. The second-order valence-electron chi connectivity index (χ2n) is 4.31. The molecule has 0 amide bonds. The van der Waals surface area contributed by atoms with E-state index in [2.05, 4.69) is 35.1 Å². The summed E-state index contributed by atoms with van der Waals surface area (Å²) in [4.78, 5) is 6.90. The van der Waals surface area contributed by atoms with Crippen molar-refractivity contribution in [1.82, 2.24) is 10.3 Å². The fourth-order valence-corrected chi connectivity index (χ4v) is 2.00. The van der Waals surface area contributed by atoms with Gasteiger partial charge in [-0.1, -0.05) is 19.9 Å². The lowest BCUT2D eigenvalue weighted by atomic mass is 10.0. The second-order valence-corrected chi connectivity index (χ2v) is 4.31. The number of aromatic nitrogens is 1. The molecule has 3 heteroatoms. The van der Waals surface area contributed by atoms with Crippen molar-refractivity contribution in [2.24, 2.45) is 0 Å². The van der Waals surface area contributed by atoms with Gasteiger partial charge in [-0.3, -0.25) is 0 Å². The predicted octanol–water partition coefficient (Wildman–Crippen LogP) is 1.61. The molecule has 1 saturated heterocycles. The summed E-state index contributed by atoms with van der Waals surface area (Å²) in [5.74, 6) is 1.72. The molecule has 1 aliphatic rings. The van der Waals surface area contributed by atoms with Crippen molar-refractivity contribution in [3.05, 3.63) is 23.9 Å². The Bertz CT molecular complexity index is 316. The van der Waals surface area contributed by atoms with E-state index < -0.39 is 0 Å². The Morgan fingerprint density at radius 3 is 2.73 bits per heavy atom. The molecule has 3 nitrogen and oxygen atoms in total. The van der Waals surface area contributed by atoms with E-state index in [4.69, 9.17) is 0 Å². The van der Waals surface area contributed by atoms with Crippen molar-refractivity contribution in [1.29, 1.82) is 0 Å². The molecule has 15 heavy (non-hydrogen) atoms. The molecule has 0 aliphatic carbocycles. The van der Waals surface area contributed by atoms with Crippen LogP contribution in [0.15, 0.2) is 18.3 Å². The Morgan fingerprint density at radius 2 is 2.07 bits per heavy atom. The highest BCUT2D eigenvalue weighted by Gasteiger charge is 2.16. The van der Waals surface area contributed by atoms with E-state index in [9.17, 15) is 0 Å². The molecule has 0 radical (unpaired) electrons. The molecule has 0 aromatic carbocycles. The van der Waals surface area contributed by atoms with Crippen LogP contribution in [0.4, 0.5) is 5.82 Å². The Hall–Kier alpha value is -1.09.